The fourth-order valence-electron chi connectivity index (χ4n) is 7.99. The highest BCUT2D eigenvalue weighted by molar-refractivity contribution is 6.25. The third kappa shape index (κ3) is 10.9. The SMILES string of the molecule is Cc1ccc(NC(=O)c2ccc(CN3CCN(C(=O)CCOCCOCCNc4cccc5c4C(=O)N(C4CCC(=O)NC4=O)C5=O)CC3)cc2)cc1Nc1nccc(-c2cccnc2)n1. The molecule has 2 fully saturated rings. The molecular formula is C48H50N10O8. The van der Waals surface area contributed by atoms with Crippen molar-refractivity contribution in [2.24, 2.45) is 0 Å². The topological polar surface area (TPSA) is 217 Å². The molecule has 2 saturated heterocycles. The third-order valence-corrected chi connectivity index (χ3v) is 11.6. The van der Waals surface area contributed by atoms with Crippen LogP contribution in [0.2, 0.25) is 0 Å². The summed E-state index contributed by atoms with van der Waals surface area (Å²) >= 11 is 0. The third-order valence-electron chi connectivity index (χ3n) is 11.6. The Morgan fingerprint density at radius 2 is 1.64 bits per heavy atom. The lowest BCUT2D eigenvalue weighted by molar-refractivity contribution is -0.136. The number of carbonyl (C=O) groups is 6. The number of nitrogens with zero attached hydrogens (tertiary/aromatic N) is 6. The zero-order chi connectivity index (χ0) is 46.0. The molecule has 8 rings (SSSR count). The van der Waals surface area contributed by atoms with E-state index in [-0.39, 0.29) is 48.8 Å². The Kier molecular flexibility index (Phi) is 14.4. The van der Waals surface area contributed by atoms with Crippen LogP contribution in [0.3, 0.4) is 0 Å². The normalized spacial score (nSPS) is 16.2. The van der Waals surface area contributed by atoms with E-state index in [4.69, 9.17) is 9.47 Å². The van der Waals surface area contributed by atoms with Crippen LogP contribution in [-0.4, -0.2) is 130 Å². The number of hydrogen-bond donors (Lipinski definition) is 4. The van der Waals surface area contributed by atoms with Crippen molar-refractivity contribution in [1.29, 1.82) is 0 Å². The average molecular weight is 895 g/mol. The second-order valence-electron chi connectivity index (χ2n) is 16.0. The zero-order valence-corrected chi connectivity index (χ0v) is 36.5. The molecule has 6 amide bonds. The molecule has 0 radical (unpaired) electrons. The number of fused-ring (bicyclic) bond motifs is 1. The van der Waals surface area contributed by atoms with Crippen molar-refractivity contribution in [3.8, 4) is 11.3 Å². The van der Waals surface area contributed by atoms with E-state index in [1.807, 2.05) is 72.5 Å². The number of imide groups is 2. The number of anilines is 4. The number of piperazine rings is 1. The molecule has 3 aliphatic heterocycles. The molecule has 3 aliphatic rings. The predicted molar refractivity (Wildman–Crippen MR) is 244 cm³/mol. The van der Waals surface area contributed by atoms with Gasteiger partial charge in [-0.15, -0.1) is 0 Å². The number of ether oxygens (including phenoxy) is 2. The summed E-state index contributed by atoms with van der Waals surface area (Å²) in [6, 6.07) is 22.7. The van der Waals surface area contributed by atoms with E-state index in [1.165, 1.54) is 0 Å². The van der Waals surface area contributed by atoms with Gasteiger partial charge in [0, 0.05) is 92.5 Å². The number of carbonyl (C=O) groups excluding carboxylic acids is 6. The summed E-state index contributed by atoms with van der Waals surface area (Å²) in [5, 5.41) is 11.6. The highest BCUT2D eigenvalue weighted by Crippen LogP contribution is 2.32. The zero-order valence-electron chi connectivity index (χ0n) is 36.5. The summed E-state index contributed by atoms with van der Waals surface area (Å²) in [7, 11) is 0. The molecule has 66 heavy (non-hydrogen) atoms. The van der Waals surface area contributed by atoms with Gasteiger partial charge in [-0.2, -0.15) is 0 Å². The Hall–Kier alpha value is -7.41. The number of aryl methyl sites for hydroxylation is 1. The molecule has 5 aromatic rings. The van der Waals surface area contributed by atoms with Gasteiger partial charge in [-0.25, -0.2) is 9.97 Å². The van der Waals surface area contributed by atoms with Crippen LogP contribution in [0.5, 0.6) is 0 Å². The van der Waals surface area contributed by atoms with Crippen LogP contribution in [-0.2, 0) is 30.4 Å². The minimum atomic E-state index is -1.03. The summed E-state index contributed by atoms with van der Waals surface area (Å²) in [5.74, 6) is -1.98. The average Bonchev–Trinajstić information content (AvgIpc) is 3.58. The van der Waals surface area contributed by atoms with Crippen molar-refractivity contribution in [3.05, 3.63) is 125 Å². The molecule has 340 valence electrons. The van der Waals surface area contributed by atoms with Crippen molar-refractivity contribution in [2.75, 3.05) is 75.1 Å². The molecule has 1 atom stereocenters. The van der Waals surface area contributed by atoms with Gasteiger partial charge >= 0.3 is 0 Å². The van der Waals surface area contributed by atoms with Crippen LogP contribution in [0.15, 0.2) is 97.5 Å². The van der Waals surface area contributed by atoms with E-state index in [0.717, 1.165) is 46.1 Å². The van der Waals surface area contributed by atoms with Crippen molar-refractivity contribution < 1.29 is 38.2 Å². The molecule has 1 unspecified atom stereocenters. The van der Waals surface area contributed by atoms with Crippen LogP contribution >= 0.6 is 0 Å². The minimum absolute atomic E-state index is 0.0366. The monoisotopic (exact) mass is 894 g/mol. The first kappa shape index (κ1) is 45.2. The summed E-state index contributed by atoms with van der Waals surface area (Å²) in [6.07, 6.45) is 5.55. The highest BCUT2D eigenvalue weighted by Gasteiger charge is 2.45. The van der Waals surface area contributed by atoms with Crippen molar-refractivity contribution in [3.63, 3.8) is 0 Å². The lowest BCUT2D eigenvalue weighted by atomic mass is 10.0. The molecule has 5 heterocycles. The largest absolute Gasteiger partial charge is 0.382 e. The first-order chi connectivity index (χ1) is 32.1. The number of pyridine rings is 1. The number of rotatable bonds is 18. The number of hydrogen-bond acceptors (Lipinski definition) is 14. The quantitative estimate of drug-likeness (QED) is 0.0708. The van der Waals surface area contributed by atoms with E-state index in [2.05, 4.69) is 41.1 Å². The van der Waals surface area contributed by atoms with Gasteiger partial charge in [0.2, 0.25) is 23.7 Å². The first-order valence-electron chi connectivity index (χ1n) is 21.9. The number of benzene rings is 3. The number of aromatic nitrogens is 3. The Balaban J connectivity index is 0.696. The van der Waals surface area contributed by atoms with E-state index >= 15 is 0 Å². The standard InChI is InChI=1S/C48H50N10O8/c1-31-7-12-35(28-39(31)54-48-51-18-15-37(53-48)34-4-3-17-49-29-34)52-44(61)33-10-8-32(9-11-33)30-56-20-22-57(23-21-56)42(60)16-24-65-26-27-66-25-19-50-38-6-2-5-36-43(38)47(64)58(46(36)63)40-13-14-41(59)55-45(40)62/h2-12,15,17-18,28-29,40,50H,13-14,16,19-27,30H2,1H3,(H,52,61)(H,51,53,54)(H,55,59,62). The molecule has 18 nitrogen and oxygen atoms in total. The molecule has 0 saturated carbocycles. The van der Waals surface area contributed by atoms with Crippen LogP contribution in [0.1, 0.15) is 61.5 Å². The fourth-order valence-corrected chi connectivity index (χ4v) is 7.99. The summed E-state index contributed by atoms with van der Waals surface area (Å²) in [6.45, 7) is 6.89. The van der Waals surface area contributed by atoms with Crippen molar-refractivity contribution in [1.82, 2.24) is 35.0 Å². The Morgan fingerprint density at radius 3 is 2.41 bits per heavy atom. The Bertz CT molecular complexity index is 2600. The van der Waals surface area contributed by atoms with Crippen molar-refractivity contribution in [2.45, 2.75) is 38.8 Å². The number of piperidine rings is 1. The molecule has 3 aromatic carbocycles. The van der Waals surface area contributed by atoms with Crippen LogP contribution in [0, 0.1) is 6.92 Å². The highest BCUT2D eigenvalue weighted by atomic mass is 16.5. The summed E-state index contributed by atoms with van der Waals surface area (Å²) in [5.41, 5.74) is 6.45. The fraction of sp³-hybridized carbons (Fsp3) is 0.312. The molecule has 0 spiro atoms. The van der Waals surface area contributed by atoms with E-state index in [0.29, 0.717) is 68.9 Å². The molecule has 2 aromatic heterocycles. The number of amides is 6. The molecule has 0 bridgehead atoms. The lowest BCUT2D eigenvalue weighted by Crippen LogP contribution is -2.54. The van der Waals surface area contributed by atoms with Gasteiger partial charge in [0.1, 0.15) is 6.04 Å². The van der Waals surface area contributed by atoms with Gasteiger partial charge in [-0.3, -0.25) is 48.9 Å². The van der Waals surface area contributed by atoms with Gasteiger partial charge in [-0.05, 0) is 79.1 Å². The van der Waals surface area contributed by atoms with Crippen molar-refractivity contribution >= 4 is 58.5 Å². The molecule has 18 heteroatoms. The van der Waals surface area contributed by atoms with Crippen LogP contribution < -0.4 is 21.3 Å². The predicted octanol–water partition coefficient (Wildman–Crippen LogP) is 4.42. The lowest BCUT2D eigenvalue weighted by Gasteiger charge is -2.34. The minimum Gasteiger partial charge on any atom is -0.382 e. The Morgan fingerprint density at radius 1 is 0.833 bits per heavy atom. The van der Waals surface area contributed by atoms with Gasteiger partial charge < -0.3 is 30.3 Å². The van der Waals surface area contributed by atoms with E-state index in [1.54, 1.807) is 36.8 Å². The van der Waals surface area contributed by atoms with Gasteiger partial charge in [0.15, 0.2) is 0 Å². The van der Waals surface area contributed by atoms with E-state index < -0.39 is 29.7 Å². The second-order valence-corrected chi connectivity index (χ2v) is 16.0. The smallest absolute Gasteiger partial charge is 0.264 e. The van der Waals surface area contributed by atoms with Gasteiger partial charge in [-0.1, -0.05) is 24.3 Å². The summed E-state index contributed by atoms with van der Waals surface area (Å²) in [4.78, 5) is 94.7. The molecule has 4 N–H and O–H groups in total. The first-order valence-corrected chi connectivity index (χ1v) is 21.9. The van der Waals surface area contributed by atoms with Gasteiger partial charge in [0.05, 0.1) is 49.7 Å². The maximum Gasteiger partial charge on any atom is 0.264 e. The molecule has 0 aliphatic carbocycles. The maximum atomic E-state index is 13.3. The number of nitrogens with one attached hydrogen (secondary N) is 4. The van der Waals surface area contributed by atoms with E-state index in [9.17, 15) is 28.8 Å². The van der Waals surface area contributed by atoms with Crippen LogP contribution in [0.4, 0.5) is 23.0 Å². The summed E-state index contributed by atoms with van der Waals surface area (Å²) < 4.78 is 11.3. The Labute approximate surface area is 381 Å². The molecular weight excluding hydrogens is 845 g/mol. The van der Waals surface area contributed by atoms with Crippen LogP contribution in [0.25, 0.3) is 11.3 Å². The maximum absolute atomic E-state index is 13.3. The second kappa shape index (κ2) is 21.1. The van der Waals surface area contributed by atoms with Gasteiger partial charge in [0.25, 0.3) is 17.7 Å².